The molecule has 2 aromatic rings. The Hall–Kier alpha value is -3.74. The molecule has 7 heteroatoms. The van der Waals surface area contributed by atoms with Gasteiger partial charge in [0, 0.05) is 43.5 Å². The third kappa shape index (κ3) is 5.41. The lowest BCUT2D eigenvalue weighted by atomic mass is 10.2. The molecule has 1 aliphatic heterocycles. The minimum absolute atomic E-state index is 0.0106. The molecule has 3 rings (SSSR count). The van der Waals surface area contributed by atoms with E-state index in [0.29, 0.717) is 36.9 Å². The molecule has 0 spiro atoms. The molecule has 1 heterocycles. The minimum Gasteiger partial charge on any atom is -0.366 e. The number of carbonyl (C=O) groups is 1. The second-order valence-electron chi connectivity index (χ2n) is 6.64. The number of nitrogens with zero attached hydrogens (tertiary/aromatic N) is 4. The van der Waals surface area contributed by atoms with Gasteiger partial charge in [-0.1, -0.05) is 41.9 Å². The highest BCUT2D eigenvalue weighted by molar-refractivity contribution is 6.31. The van der Waals surface area contributed by atoms with Crippen molar-refractivity contribution < 1.29 is 4.79 Å². The van der Waals surface area contributed by atoms with Gasteiger partial charge in [-0.2, -0.15) is 10.5 Å². The number of piperazine rings is 1. The molecule has 1 aliphatic rings. The van der Waals surface area contributed by atoms with E-state index in [9.17, 15) is 4.79 Å². The number of halogens is 1. The number of carbonyl (C=O) groups excluding carboxylic acids is 1. The summed E-state index contributed by atoms with van der Waals surface area (Å²) in [6.45, 7) is 2.51. The van der Waals surface area contributed by atoms with Crippen LogP contribution in [0.25, 0.3) is 6.08 Å². The molecule has 0 radical (unpaired) electrons. The van der Waals surface area contributed by atoms with Crippen LogP contribution in [0.4, 0.5) is 11.4 Å². The van der Waals surface area contributed by atoms with Crippen LogP contribution in [0, 0.1) is 22.7 Å². The van der Waals surface area contributed by atoms with Gasteiger partial charge in [0.2, 0.25) is 5.91 Å². The number of benzene rings is 2. The van der Waals surface area contributed by atoms with E-state index in [1.54, 1.807) is 18.2 Å². The van der Waals surface area contributed by atoms with Gasteiger partial charge < -0.3 is 15.1 Å². The molecule has 0 bridgehead atoms. The first-order valence-corrected chi connectivity index (χ1v) is 9.82. The van der Waals surface area contributed by atoms with Crippen molar-refractivity contribution in [3.63, 3.8) is 0 Å². The number of amides is 1. The first-order chi connectivity index (χ1) is 14.6. The quantitative estimate of drug-likeness (QED) is 0.586. The zero-order valence-electron chi connectivity index (χ0n) is 16.3. The fourth-order valence-electron chi connectivity index (χ4n) is 3.14. The lowest BCUT2D eigenvalue weighted by Crippen LogP contribution is -2.48. The van der Waals surface area contributed by atoms with E-state index in [-0.39, 0.29) is 11.5 Å². The maximum atomic E-state index is 12.5. The Morgan fingerprint density at radius 3 is 2.40 bits per heavy atom. The summed E-state index contributed by atoms with van der Waals surface area (Å²) in [4.78, 5) is 16.5. The molecule has 2 aromatic carbocycles. The van der Waals surface area contributed by atoms with Crippen LogP contribution < -0.4 is 10.2 Å². The molecule has 30 heavy (non-hydrogen) atoms. The number of allylic oxidation sites excluding steroid dienone is 1. The van der Waals surface area contributed by atoms with E-state index in [4.69, 9.17) is 22.1 Å². The number of anilines is 2. The van der Waals surface area contributed by atoms with E-state index >= 15 is 0 Å². The average molecular weight is 418 g/mol. The summed E-state index contributed by atoms with van der Waals surface area (Å²) < 4.78 is 0. The molecule has 1 amide bonds. The maximum Gasteiger partial charge on any atom is 0.246 e. The molecule has 150 valence electrons. The molecule has 1 fully saturated rings. The van der Waals surface area contributed by atoms with Gasteiger partial charge in [-0.15, -0.1) is 0 Å². The van der Waals surface area contributed by atoms with Crippen molar-refractivity contribution in [1.82, 2.24) is 4.90 Å². The third-order valence-corrected chi connectivity index (χ3v) is 4.96. The van der Waals surface area contributed by atoms with Crippen molar-refractivity contribution in [2.45, 2.75) is 0 Å². The van der Waals surface area contributed by atoms with Crippen molar-refractivity contribution in [3.05, 3.63) is 77.0 Å². The van der Waals surface area contributed by atoms with Crippen LogP contribution >= 0.6 is 11.6 Å². The van der Waals surface area contributed by atoms with Gasteiger partial charge in [0.15, 0.2) is 0 Å². The van der Waals surface area contributed by atoms with Crippen molar-refractivity contribution in [2.24, 2.45) is 0 Å². The highest BCUT2D eigenvalue weighted by atomic mass is 35.5. The molecule has 6 nitrogen and oxygen atoms in total. The highest BCUT2D eigenvalue weighted by Gasteiger charge is 2.21. The molecule has 0 aromatic heterocycles. The van der Waals surface area contributed by atoms with E-state index in [1.807, 2.05) is 59.5 Å². The highest BCUT2D eigenvalue weighted by Crippen LogP contribution is 2.30. The van der Waals surface area contributed by atoms with Gasteiger partial charge in [-0.25, -0.2) is 0 Å². The van der Waals surface area contributed by atoms with Crippen LogP contribution in [0.3, 0.4) is 0 Å². The van der Waals surface area contributed by atoms with Gasteiger partial charge in [0.1, 0.15) is 17.7 Å². The van der Waals surface area contributed by atoms with Crippen LogP contribution in [0.1, 0.15) is 5.56 Å². The van der Waals surface area contributed by atoms with Gasteiger partial charge in [-0.05, 0) is 29.8 Å². The predicted octanol–water partition coefficient (Wildman–Crippen LogP) is 4.04. The molecule has 0 atom stereocenters. The lowest BCUT2D eigenvalue weighted by Gasteiger charge is -2.36. The van der Waals surface area contributed by atoms with Gasteiger partial charge in [-0.3, -0.25) is 4.79 Å². The molecular formula is C23H20ClN5O. The van der Waals surface area contributed by atoms with E-state index in [1.165, 1.54) is 6.20 Å². The summed E-state index contributed by atoms with van der Waals surface area (Å²) in [6.07, 6.45) is 4.80. The number of hydrogen-bond acceptors (Lipinski definition) is 5. The zero-order valence-corrected chi connectivity index (χ0v) is 17.0. The molecule has 1 saturated heterocycles. The molecule has 1 N–H and O–H groups in total. The second-order valence-corrected chi connectivity index (χ2v) is 7.08. The largest absolute Gasteiger partial charge is 0.366 e. The number of nitrogens with one attached hydrogen (secondary N) is 1. The van der Waals surface area contributed by atoms with Crippen molar-refractivity contribution in [3.8, 4) is 12.1 Å². The Balaban J connectivity index is 1.65. The standard InChI is InChI=1S/C23H20ClN5O/c24-20-7-8-22(21(14-20)27-17-19(15-25)16-26)28-10-12-29(13-11-28)23(30)9-6-18-4-2-1-3-5-18/h1-9,14,17,27H,10-13H2. The number of rotatable bonds is 5. The van der Waals surface area contributed by atoms with Gasteiger partial charge >= 0.3 is 0 Å². The van der Waals surface area contributed by atoms with E-state index in [0.717, 1.165) is 11.3 Å². The van der Waals surface area contributed by atoms with E-state index in [2.05, 4.69) is 10.2 Å². The van der Waals surface area contributed by atoms with Crippen molar-refractivity contribution in [1.29, 1.82) is 10.5 Å². The van der Waals surface area contributed by atoms with Crippen LogP contribution in [-0.4, -0.2) is 37.0 Å². The number of hydrogen-bond donors (Lipinski definition) is 1. The molecular weight excluding hydrogens is 398 g/mol. The molecule has 0 saturated carbocycles. The molecule has 0 unspecified atom stereocenters. The lowest BCUT2D eigenvalue weighted by molar-refractivity contribution is -0.126. The Morgan fingerprint density at radius 1 is 1.03 bits per heavy atom. The fourth-order valence-corrected chi connectivity index (χ4v) is 3.32. The Labute approximate surface area is 180 Å². The fraction of sp³-hybridized carbons (Fsp3) is 0.174. The first kappa shape index (κ1) is 21.0. The Bertz CT molecular complexity index is 1030. The van der Waals surface area contributed by atoms with Crippen molar-refractivity contribution in [2.75, 3.05) is 36.4 Å². The average Bonchev–Trinajstić information content (AvgIpc) is 2.79. The first-order valence-electron chi connectivity index (χ1n) is 9.44. The zero-order chi connectivity index (χ0) is 21.3. The van der Waals surface area contributed by atoms with Crippen molar-refractivity contribution >= 4 is 35.0 Å². The van der Waals surface area contributed by atoms with Crippen LogP contribution in [0.2, 0.25) is 5.02 Å². The summed E-state index contributed by atoms with van der Waals surface area (Å²) in [5, 5.41) is 21.4. The van der Waals surface area contributed by atoms with Gasteiger partial charge in [0.25, 0.3) is 0 Å². The summed E-state index contributed by atoms with van der Waals surface area (Å²) >= 11 is 6.12. The Morgan fingerprint density at radius 2 is 1.73 bits per heavy atom. The third-order valence-electron chi connectivity index (χ3n) is 4.72. The smallest absolute Gasteiger partial charge is 0.246 e. The van der Waals surface area contributed by atoms with Crippen LogP contribution in [0.5, 0.6) is 0 Å². The van der Waals surface area contributed by atoms with Crippen LogP contribution in [-0.2, 0) is 4.79 Å². The van der Waals surface area contributed by atoms with E-state index < -0.39 is 0 Å². The number of nitriles is 2. The predicted molar refractivity (Wildman–Crippen MR) is 119 cm³/mol. The minimum atomic E-state index is -0.0263. The summed E-state index contributed by atoms with van der Waals surface area (Å²) in [6, 6.07) is 18.8. The SMILES string of the molecule is N#CC(C#N)=CNc1cc(Cl)ccc1N1CCN(C(=O)C=Cc2ccccc2)CC1. The monoisotopic (exact) mass is 417 g/mol. The van der Waals surface area contributed by atoms with Gasteiger partial charge in [0.05, 0.1) is 11.4 Å². The normalized spacial score (nSPS) is 13.4. The molecule has 0 aliphatic carbocycles. The van der Waals surface area contributed by atoms with Crippen LogP contribution in [0.15, 0.2) is 66.4 Å². The topological polar surface area (TPSA) is 83.2 Å². The Kier molecular flexibility index (Phi) is 7.10. The summed E-state index contributed by atoms with van der Waals surface area (Å²) in [5.74, 6) is -0.0106. The summed E-state index contributed by atoms with van der Waals surface area (Å²) in [7, 11) is 0. The second kappa shape index (κ2) is 10.2. The maximum absolute atomic E-state index is 12.5. The summed E-state index contributed by atoms with van der Waals surface area (Å²) in [5.41, 5.74) is 2.57.